The Kier molecular flexibility index (Phi) is 4.96. The van der Waals surface area contributed by atoms with Crippen molar-refractivity contribution >= 4 is 22.6 Å². The smallest absolute Gasteiger partial charge is 0.336 e. The van der Waals surface area contributed by atoms with Gasteiger partial charge in [-0.25, -0.2) is 9.18 Å². The second kappa shape index (κ2) is 7.56. The highest BCUT2D eigenvalue weighted by molar-refractivity contribution is 5.91. The maximum Gasteiger partial charge on any atom is 0.336 e. The van der Waals surface area contributed by atoms with Crippen LogP contribution in [0.2, 0.25) is 0 Å². The van der Waals surface area contributed by atoms with E-state index >= 15 is 0 Å². The van der Waals surface area contributed by atoms with Gasteiger partial charge in [-0.3, -0.25) is 4.79 Å². The topological polar surface area (TPSA) is 63.8 Å². The third kappa shape index (κ3) is 3.97. The Morgan fingerprint density at radius 2 is 1.96 bits per heavy atom. The monoisotopic (exact) mass is 381 g/mol. The summed E-state index contributed by atoms with van der Waals surface area (Å²) < 4.78 is 18.7. The van der Waals surface area contributed by atoms with Crippen LogP contribution in [-0.4, -0.2) is 19.5 Å². The van der Waals surface area contributed by atoms with Gasteiger partial charge < -0.3 is 14.6 Å². The minimum atomic E-state index is -0.395. The molecule has 3 aromatic rings. The SMILES string of the molecule is C[NH+](CC(=O)Nc1cccc(F)c1)Cc1cc(=O)oc2cc3c(cc12)CCC3. The van der Waals surface area contributed by atoms with E-state index in [1.807, 2.05) is 13.1 Å². The quantitative estimate of drug-likeness (QED) is 0.665. The summed E-state index contributed by atoms with van der Waals surface area (Å²) in [6, 6.07) is 11.4. The summed E-state index contributed by atoms with van der Waals surface area (Å²) in [7, 11) is 1.89. The molecule has 0 bridgehead atoms. The number of amides is 1. The lowest BCUT2D eigenvalue weighted by molar-refractivity contribution is -0.885. The summed E-state index contributed by atoms with van der Waals surface area (Å²) in [5.74, 6) is -0.607. The average molecular weight is 381 g/mol. The zero-order chi connectivity index (χ0) is 19.7. The highest BCUT2D eigenvalue weighted by Crippen LogP contribution is 2.28. The van der Waals surface area contributed by atoms with E-state index in [4.69, 9.17) is 4.42 Å². The zero-order valence-corrected chi connectivity index (χ0v) is 15.7. The summed E-state index contributed by atoms with van der Waals surface area (Å²) in [4.78, 5) is 25.2. The van der Waals surface area contributed by atoms with Crippen molar-refractivity contribution in [2.75, 3.05) is 18.9 Å². The fourth-order valence-corrected chi connectivity index (χ4v) is 3.87. The van der Waals surface area contributed by atoms with Crippen molar-refractivity contribution in [3.05, 3.63) is 75.4 Å². The Morgan fingerprint density at radius 3 is 2.75 bits per heavy atom. The van der Waals surface area contributed by atoms with Crippen LogP contribution < -0.4 is 15.8 Å². The first-order valence-corrected chi connectivity index (χ1v) is 9.43. The Hall–Kier alpha value is -2.99. The van der Waals surface area contributed by atoms with Crippen molar-refractivity contribution in [3.63, 3.8) is 0 Å². The van der Waals surface area contributed by atoms with Crippen molar-refractivity contribution < 1.29 is 18.5 Å². The summed E-state index contributed by atoms with van der Waals surface area (Å²) in [5, 5.41) is 3.64. The molecule has 1 heterocycles. The number of anilines is 1. The molecule has 0 spiro atoms. The normalized spacial score (nSPS) is 14.1. The molecule has 1 amide bonds. The summed E-state index contributed by atoms with van der Waals surface area (Å²) >= 11 is 0. The predicted octanol–water partition coefficient (Wildman–Crippen LogP) is 2.07. The van der Waals surface area contributed by atoms with E-state index in [-0.39, 0.29) is 18.1 Å². The Labute approximate surface area is 161 Å². The van der Waals surface area contributed by atoms with Crippen LogP contribution >= 0.6 is 0 Å². The first-order valence-electron chi connectivity index (χ1n) is 9.43. The molecule has 1 aliphatic carbocycles. The number of quaternary nitrogens is 1. The highest BCUT2D eigenvalue weighted by atomic mass is 19.1. The van der Waals surface area contributed by atoms with Crippen LogP contribution in [0.15, 0.2) is 51.7 Å². The fraction of sp³-hybridized carbons (Fsp3) is 0.273. The molecule has 144 valence electrons. The molecule has 28 heavy (non-hydrogen) atoms. The van der Waals surface area contributed by atoms with Gasteiger partial charge in [0.05, 0.1) is 7.05 Å². The lowest BCUT2D eigenvalue weighted by Crippen LogP contribution is -3.08. The van der Waals surface area contributed by atoms with Gasteiger partial charge in [-0.15, -0.1) is 0 Å². The van der Waals surface area contributed by atoms with Crippen molar-refractivity contribution in [2.24, 2.45) is 0 Å². The molecule has 0 aliphatic heterocycles. The molecule has 0 fully saturated rings. The third-order valence-electron chi connectivity index (χ3n) is 5.11. The molecule has 2 aromatic carbocycles. The summed E-state index contributed by atoms with van der Waals surface area (Å²) in [6.45, 7) is 0.709. The van der Waals surface area contributed by atoms with Gasteiger partial charge in [0.1, 0.15) is 17.9 Å². The largest absolute Gasteiger partial charge is 0.423 e. The minimum Gasteiger partial charge on any atom is -0.423 e. The lowest BCUT2D eigenvalue weighted by atomic mass is 10.0. The number of rotatable bonds is 5. The van der Waals surface area contributed by atoms with Gasteiger partial charge in [0.15, 0.2) is 6.54 Å². The van der Waals surface area contributed by atoms with E-state index in [2.05, 4.69) is 11.4 Å². The maximum atomic E-state index is 13.3. The average Bonchev–Trinajstić information content (AvgIpc) is 3.07. The van der Waals surface area contributed by atoms with Crippen LogP contribution in [0.3, 0.4) is 0 Å². The number of aryl methyl sites for hydroxylation is 2. The van der Waals surface area contributed by atoms with Crippen molar-refractivity contribution in [1.29, 1.82) is 0 Å². The molecule has 2 N–H and O–H groups in total. The van der Waals surface area contributed by atoms with Crippen LogP contribution in [0.25, 0.3) is 11.0 Å². The molecule has 1 aromatic heterocycles. The zero-order valence-electron chi connectivity index (χ0n) is 15.7. The second-order valence-electron chi connectivity index (χ2n) is 7.43. The molecule has 0 saturated heterocycles. The number of hydrogen-bond acceptors (Lipinski definition) is 3. The van der Waals surface area contributed by atoms with E-state index in [0.717, 1.165) is 35.1 Å². The molecular formula is C22H22FN2O3+. The van der Waals surface area contributed by atoms with Gasteiger partial charge in [-0.05, 0) is 60.7 Å². The molecule has 0 saturated carbocycles. The maximum absolute atomic E-state index is 13.3. The van der Waals surface area contributed by atoms with Crippen LogP contribution in [0.5, 0.6) is 0 Å². The number of nitrogens with one attached hydrogen (secondary N) is 2. The standard InChI is InChI=1S/C22H21FN2O3/c1-25(13-21(26)24-18-7-3-6-17(23)11-18)12-16-10-22(27)28-20-9-15-5-2-4-14(15)8-19(16)20/h3,6-11H,2,4-5,12-13H2,1H3,(H,24,26)/p+1. The molecule has 0 radical (unpaired) electrons. The van der Waals surface area contributed by atoms with E-state index in [1.165, 1.54) is 29.3 Å². The van der Waals surface area contributed by atoms with Gasteiger partial charge in [0, 0.05) is 22.7 Å². The number of fused-ring (bicyclic) bond motifs is 2. The van der Waals surface area contributed by atoms with Gasteiger partial charge in [0.2, 0.25) is 0 Å². The summed E-state index contributed by atoms with van der Waals surface area (Å²) in [6.07, 6.45) is 3.18. The first-order chi connectivity index (χ1) is 13.5. The van der Waals surface area contributed by atoms with Gasteiger partial charge in [0.25, 0.3) is 5.91 Å². The highest BCUT2D eigenvalue weighted by Gasteiger charge is 2.18. The Morgan fingerprint density at radius 1 is 1.18 bits per heavy atom. The Bertz CT molecular complexity index is 1110. The number of halogens is 1. The van der Waals surface area contributed by atoms with Gasteiger partial charge in [-0.2, -0.15) is 0 Å². The number of carbonyl (C=O) groups is 1. The third-order valence-corrected chi connectivity index (χ3v) is 5.11. The van der Waals surface area contributed by atoms with E-state index in [9.17, 15) is 14.0 Å². The van der Waals surface area contributed by atoms with Gasteiger partial charge >= 0.3 is 5.63 Å². The molecule has 1 atom stereocenters. The molecule has 1 unspecified atom stereocenters. The van der Waals surface area contributed by atoms with E-state index in [1.54, 1.807) is 12.1 Å². The van der Waals surface area contributed by atoms with Crippen molar-refractivity contribution in [3.8, 4) is 0 Å². The predicted molar refractivity (Wildman–Crippen MR) is 105 cm³/mol. The number of carbonyl (C=O) groups excluding carboxylic acids is 1. The molecule has 4 rings (SSSR count). The number of hydrogen-bond donors (Lipinski definition) is 2. The number of benzene rings is 2. The second-order valence-corrected chi connectivity index (χ2v) is 7.43. The van der Waals surface area contributed by atoms with E-state index < -0.39 is 5.82 Å². The summed E-state index contributed by atoms with van der Waals surface area (Å²) in [5.41, 5.74) is 4.10. The van der Waals surface area contributed by atoms with E-state index in [0.29, 0.717) is 17.8 Å². The molecule has 5 nitrogen and oxygen atoms in total. The van der Waals surface area contributed by atoms with Crippen molar-refractivity contribution in [2.45, 2.75) is 25.8 Å². The van der Waals surface area contributed by atoms with Gasteiger partial charge in [-0.1, -0.05) is 6.07 Å². The van der Waals surface area contributed by atoms with Crippen LogP contribution in [0.1, 0.15) is 23.1 Å². The fourth-order valence-electron chi connectivity index (χ4n) is 3.87. The van der Waals surface area contributed by atoms with Crippen LogP contribution in [-0.2, 0) is 24.2 Å². The lowest BCUT2D eigenvalue weighted by Gasteiger charge is -2.15. The van der Waals surface area contributed by atoms with Crippen molar-refractivity contribution in [1.82, 2.24) is 0 Å². The number of likely N-dealkylation sites (N-methyl/N-ethyl adjacent to an activating group) is 1. The first kappa shape index (κ1) is 18.4. The molecule has 6 heteroatoms. The molecule has 1 aliphatic rings. The van der Waals surface area contributed by atoms with Crippen LogP contribution in [0.4, 0.5) is 10.1 Å². The van der Waals surface area contributed by atoms with Crippen LogP contribution in [0, 0.1) is 5.82 Å². The molecular weight excluding hydrogens is 359 g/mol. The Balaban J connectivity index is 1.51. The minimum absolute atomic E-state index is 0.198.